The van der Waals surface area contributed by atoms with Gasteiger partial charge in [0, 0.05) is 24.7 Å². The summed E-state index contributed by atoms with van der Waals surface area (Å²) in [6.07, 6.45) is 0. The quantitative estimate of drug-likeness (QED) is 0.440. The molecule has 1 aromatic carbocycles. The molecule has 0 spiro atoms. The van der Waals surface area contributed by atoms with Crippen LogP contribution in [0.15, 0.2) is 33.9 Å². The first-order valence-corrected chi connectivity index (χ1v) is 9.27. The normalized spacial score (nSPS) is 11.4. The number of hydrogen-bond acceptors (Lipinski definition) is 6. The Labute approximate surface area is 142 Å². The molecule has 0 fully saturated rings. The summed E-state index contributed by atoms with van der Waals surface area (Å²) in [4.78, 5) is 10.3. The van der Waals surface area contributed by atoms with Gasteiger partial charge in [-0.15, -0.1) is 11.3 Å². The van der Waals surface area contributed by atoms with Crippen molar-refractivity contribution in [1.29, 1.82) is 0 Å². The van der Waals surface area contributed by atoms with Crippen LogP contribution in [0.4, 0.5) is 11.4 Å². The van der Waals surface area contributed by atoms with E-state index < -0.39 is 14.9 Å². The van der Waals surface area contributed by atoms with Crippen LogP contribution in [0, 0.1) is 17.0 Å². The summed E-state index contributed by atoms with van der Waals surface area (Å²) >= 11 is 7.13. The van der Waals surface area contributed by atoms with Gasteiger partial charge in [0.05, 0.1) is 15.6 Å². The van der Waals surface area contributed by atoms with Crippen LogP contribution >= 0.6 is 22.9 Å². The number of benzene rings is 1. The van der Waals surface area contributed by atoms with E-state index in [-0.39, 0.29) is 21.5 Å². The average Bonchev–Trinajstić information content (AvgIpc) is 3.01. The molecule has 0 unspecified atom stereocenters. The second-order valence-corrected chi connectivity index (χ2v) is 7.98. The Kier molecular flexibility index (Phi) is 5.58. The van der Waals surface area contributed by atoms with Crippen molar-refractivity contribution >= 4 is 44.3 Å². The predicted octanol–water partition coefficient (Wildman–Crippen LogP) is 3.01. The SMILES string of the molecule is Cc1cc(NCCNS(=O)(=O)c2cccs2)c(Cl)cc1[N+](=O)[O-]. The molecule has 0 aliphatic carbocycles. The highest BCUT2D eigenvalue weighted by Crippen LogP contribution is 2.30. The molecule has 1 heterocycles. The third kappa shape index (κ3) is 4.41. The summed E-state index contributed by atoms with van der Waals surface area (Å²) in [7, 11) is -3.50. The van der Waals surface area contributed by atoms with Crippen molar-refractivity contribution in [3.63, 3.8) is 0 Å². The molecule has 23 heavy (non-hydrogen) atoms. The van der Waals surface area contributed by atoms with Crippen molar-refractivity contribution in [3.8, 4) is 0 Å². The highest BCUT2D eigenvalue weighted by Gasteiger charge is 2.15. The lowest BCUT2D eigenvalue weighted by atomic mass is 10.2. The number of nitro groups is 1. The summed E-state index contributed by atoms with van der Waals surface area (Å²) in [5, 5.41) is 15.7. The van der Waals surface area contributed by atoms with E-state index in [2.05, 4.69) is 10.0 Å². The van der Waals surface area contributed by atoms with Crippen LogP contribution in [0.1, 0.15) is 5.56 Å². The predicted molar refractivity (Wildman–Crippen MR) is 90.8 cm³/mol. The molecule has 0 bridgehead atoms. The van der Waals surface area contributed by atoms with Crippen molar-refractivity contribution in [3.05, 3.63) is 50.3 Å². The molecule has 0 aliphatic rings. The molecule has 0 saturated carbocycles. The van der Waals surface area contributed by atoms with Gasteiger partial charge >= 0.3 is 0 Å². The zero-order chi connectivity index (χ0) is 17.0. The minimum absolute atomic E-state index is 0.0565. The molecule has 10 heteroatoms. The number of nitrogens with zero attached hydrogens (tertiary/aromatic N) is 1. The van der Waals surface area contributed by atoms with Crippen LogP contribution in [0.25, 0.3) is 0 Å². The first kappa shape index (κ1) is 17.7. The second-order valence-electron chi connectivity index (χ2n) is 4.63. The fraction of sp³-hybridized carbons (Fsp3) is 0.231. The molecule has 0 amide bonds. The van der Waals surface area contributed by atoms with Crippen LogP contribution in [-0.2, 0) is 10.0 Å². The Morgan fingerprint density at radius 2 is 2.09 bits per heavy atom. The number of rotatable bonds is 7. The van der Waals surface area contributed by atoms with Gasteiger partial charge in [-0.2, -0.15) is 0 Å². The van der Waals surface area contributed by atoms with E-state index in [0.29, 0.717) is 17.8 Å². The zero-order valence-electron chi connectivity index (χ0n) is 12.1. The molecule has 124 valence electrons. The summed E-state index contributed by atoms with van der Waals surface area (Å²) in [6, 6.07) is 6.02. The van der Waals surface area contributed by atoms with E-state index in [9.17, 15) is 18.5 Å². The standard InChI is InChI=1S/C13H14ClN3O4S2/c1-9-7-11(10(14)8-12(9)17(18)19)15-4-5-16-23(20,21)13-3-2-6-22-13/h2-3,6-8,15-16H,4-5H2,1H3. The minimum Gasteiger partial charge on any atom is -0.383 e. The molecule has 0 aliphatic heterocycles. The molecule has 2 aromatic rings. The Balaban J connectivity index is 1.95. The third-order valence-corrected chi connectivity index (χ3v) is 6.15. The number of thiophene rings is 1. The number of anilines is 1. The number of sulfonamides is 1. The van der Waals surface area contributed by atoms with Crippen LogP contribution in [0.5, 0.6) is 0 Å². The van der Waals surface area contributed by atoms with E-state index in [4.69, 9.17) is 11.6 Å². The number of aryl methyl sites for hydroxylation is 1. The maximum absolute atomic E-state index is 11.9. The monoisotopic (exact) mass is 375 g/mol. The number of nitrogens with one attached hydrogen (secondary N) is 2. The Morgan fingerprint density at radius 1 is 1.35 bits per heavy atom. The van der Waals surface area contributed by atoms with Gasteiger partial charge in [0.25, 0.3) is 5.69 Å². The fourth-order valence-corrected chi connectivity index (χ4v) is 4.17. The van der Waals surface area contributed by atoms with Crippen LogP contribution in [0.3, 0.4) is 0 Å². The minimum atomic E-state index is -3.50. The second kappa shape index (κ2) is 7.26. The molecule has 1 aromatic heterocycles. The van der Waals surface area contributed by atoms with Crippen LogP contribution < -0.4 is 10.0 Å². The number of hydrogen-bond donors (Lipinski definition) is 2. The van der Waals surface area contributed by atoms with Crippen molar-refractivity contribution in [2.45, 2.75) is 11.1 Å². The van der Waals surface area contributed by atoms with Gasteiger partial charge in [0.2, 0.25) is 10.0 Å². The molecular weight excluding hydrogens is 362 g/mol. The van der Waals surface area contributed by atoms with E-state index in [1.807, 2.05) is 0 Å². The number of halogens is 1. The van der Waals surface area contributed by atoms with E-state index in [1.165, 1.54) is 12.1 Å². The topological polar surface area (TPSA) is 101 Å². The first-order valence-electron chi connectivity index (χ1n) is 6.53. The molecule has 0 saturated heterocycles. The molecular formula is C13H14ClN3O4S2. The maximum Gasteiger partial charge on any atom is 0.273 e. The molecule has 0 radical (unpaired) electrons. The van der Waals surface area contributed by atoms with E-state index in [0.717, 1.165) is 11.3 Å². The van der Waals surface area contributed by atoms with Gasteiger partial charge < -0.3 is 5.32 Å². The molecule has 7 nitrogen and oxygen atoms in total. The molecule has 2 rings (SSSR count). The Morgan fingerprint density at radius 3 is 2.70 bits per heavy atom. The van der Waals surface area contributed by atoms with E-state index in [1.54, 1.807) is 24.4 Å². The maximum atomic E-state index is 11.9. The van der Waals surface area contributed by atoms with Crippen molar-refractivity contribution in [2.24, 2.45) is 0 Å². The lowest BCUT2D eigenvalue weighted by Gasteiger charge is -2.10. The third-order valence-electron chi connectivity index (χ3n) is 2.97. The lowest BCUT2D eigenvalue weighted by Crippen LogP contribution is -2.28. The van der Waals surface area contributed by atoms with Gasteiger partial charge in [-0.3, -0.25) is 10.1 Å². The average molecular weight is 376 g/mol. The van der Waals surface area contributed by atoms with Gasteiger partial charge in [-0.05, 0) is 24.4 Å². The van der Waals surface area contributed by atoms with Gasteiger partial charge in [0.15, 0.2) is 0 Å². The van der Waals surface area contributed by atoms with Gasteiger partial charge in [0.1, 0.15) is 4.21 Å². The Bertz CT molecular complexity index is 807. The lowest BCUT2D eigenvalue weighted by molar-refractivity contribution is -0.385. The largest absolute Gasteiger partial charge is 0.383 e. The van der Waals surface area contributed by atoms with Crippen LogP contribution in [-0.4, -0.2) is 26.4 Å². The van der Waals surface area contributed by atoms with Crippen molar-refractivity contribution in [2.75, 3.05) is 18.4 Å². The van der Waals surface area contributed by atoms with Gasteiger partial charge in [-0.25, -0.2) is 13.1 Å². The molecule has 2 N–H and O–H groups in total. The zero-order valence-corrected chi connectivity index (χ0v) is 14.5. The summed E-state index contributed by atoms with van der Waals surface area (Å²) in [6.45, 7) is 2.06. The Hall–Kier alpha value is -1.68. The number of nitro benzene ring substituents is 1. The summed E-state index contributed by atoms with van der Waals surface area (Å²) < 4.78 is 26.5. The van der Waals surface area contributed by atoms with Crippen molar-refractivity contribution in [1.82, 2.24) is 4.72 Å². The fourth-order valence-electron chi connectivity index (χ4n) is 1.87. The summed E-state index contributed by atoms with van der Waals surface area (Å²) in [5.41, 5.74) is 0.935. The van der Waals surface area contributed by atoms with Crippen molar-refractivity contribution < 1.29 is 13.3 Å². The smallest absolute Gasteiger partial charge is 0.273 e. The summed E-state index contributed by atoms with van der Waals surface area (Å²) in [5.74, 6) is 0. The van der Waals surface area contributed by atoms with Crippen LogP contribution in [0.2, 0.25) is 5.02 Å². The van der Waals surface area contributed by atoms with Gasteiger partial charge in [-0.1, -0.05) is 17.7 Å². The highest BCUT2D eigenvalue weighted by molar-refractivity contribution is 7.91. The first-order chi connectivity index (χ1) is 10.8. The van der Waals surface area contributed by atoms with E-state index >= 15 is 0 Å². The highest BCUT2D eigenvalue weighted by atomic mass is 35.5. The molecule has 0 atom stereocenters.